The van der Waals surface area contributed by atoms with E-state index in [0.29, 0.717) is 17.2 Å². The van der Waals surface area contributed by atoms with Gasteiger partial charge in [-0.1, -0.05) is 0 Å². The molecule has 5 N–H and O–H groups in total. The van der Waals surface area contributed by atoms with E-state index >= 15 is 0 Å². The van der Waals surface area contributed by atoms with Crippen LogP contribution in [0.5, 0.6) is 11.5 Å². The molecule has 1 amide bonds. The lowest BCUT2D eigenvalue weighted by Gasteiger charge is -2.11. The van der Waals surface area contributed by atoms with Gasteiger partial charge < -0.3 is 25.5 Å². The molecule has 0 radical (unpaired) electrons. The summed E-state index contributed by atoms with van der Waals surface area (Å²) in [6, 6.07) is 10.8. The quantitative estimate of drug-likeness (QED) is 0.567. The van der Waals surface area contributed by atoms with E-state index in [1.165, 1.54) is 24.3 Å². The zero-order chi connectivity index (χ0) is 15.4. The van der Waals surface area contributed by atoms with Crippen LogP contribution in [0.25, 0.3) is 0 Å². The van der Waals surface area contributed by atoms with E-state index in [4.69, 9.17) is 16.2 Å². The third-order valence-corrected chi connectivity index (χ3v) is 2.98. The zero-order valence-corrected chi connectivity index (χ0v) is 11.6. The van der Waals surface area contributed by atoms with Gasteiger partial charge in [0.25, 0.3) is 5.91 Å². The molecule has 8 heteroatoms. The number of rotatable bonds is 5. The SMILES string of the molecule is NC(=O)c1cc(Oc2ccc(NS(=O)[O-])cc2)ccc1N. The van der Waals surface area contributed by atoms with Crippen LogP contribution in [-0.2, 0) is 11.3 Å². The topological polar surface area (TPSA) is 131 Å². The highest BCUT2D eigenvalue weighted by molar-refractivity contribution is 7.80. The zero-order valence-electron chi connectivity index (χ0n) is 10.7. The predicted octanol–water partition coefficient (Wildman–Crippen LogP) is 1.37. The Balaban J connectivity index is 2.16. The summed E-state index contributed by atoms with van der Waals surface area (Å²) < 4.78 is 28.7. The van der Waals surface area contributed by atoms with Gasteiger partial charge in [-0.25, -0.2) is 0 Å². The maximum Gasteiger partial charge on any atom is 0.250 e. The van der Waals surface area contributed by atoms with Crippen LogP contribution in [0, 0.1) is 0 Å². The van der Waals surface area contributed by atoms with Crippen LogP contribution >= 0.6 is 0 Å². The number of nitrogens with two attached hydrogens (primary N) is 2. The number of ether oxygens (including phenoxy) is 1. The minimum absolute atomic E-state index is 0.174. The average Bonchev–Trinajstić information content (AvgIpc) is 2.42. The maximum absolute atomic E-state index is 11.2. The summed E-state index contributed by atoms with van der Waals surface area (Å²) in [5.74, 6) is 0.221. The molecule has 0 saturated heterocycles. The number of nitrogens with one attached hydrogen (secondary N) is 1. The van der Waals surface area contributed by atoms with Crippen LogP contribution in [0.2, 0.25) is 0 Å². The molecule has 1 unspecified atom stereocenters. The monoisotopic (exact) mass is 306 g/mol. The number of hydrogen-bond acceptors (Lipinski definition) is 5. The lowest BCUT2D eigenvalue weighted by atomic mass is 10.1. The molecule has 0 aliphatic rings. The Bertz CT molecular complexity index is 688. The second-order valence-corrected chi connectivity index (χ2v) is 4.75. The first-order valence-electron chi connectivity index (χ1n) is 5.79. The van der Waals surface area contributed by atoms with Crippen molar-refractivity contribution in [1.82, 2.24) is 0 Å². The lowest BCUT2D eigenvalue weighted by molar-refractivity contribution is 0.100. The number of carbonyl (C=O) groups excluding carboxylic acids is 1. The predicted molar refractivity (Wildman–Crippen MR) is 78.4 cm³/mol. The van der Waals surface area contributed by atoms with Crippen molar-refractivity contribution in [2.75, 3.05) is 10.5 Å². The van der Waals surface area contributed by atoms with Crippen molar-refractivity contribution >= 4 is 28.5 Å². The standard InChI is InChI=1S/C13H13N3O4S/c14-12-6-5-10(7-11(12)13(15)17)20-9-3-1-8(2-4-9)16-21(18)19/h1-7,16H,14H2,(H2,15,17)(H,18,19)/p-1. The van der Waals surface area contributed by atoms with E-state index in [2.05, 4.69) is 4.72 Å². The number of benzene rings is 2. The number of amides is 1. The average molecular weight is 306 g/mol. The van der Waals surface area contributed by atoms with Crippen LogP contribution in [0.15, 0.2) is 42.5 Å². The maximum atomic E-state index is 11.2. The summed E-state index contributed by atoms with van der Waals surface area (Å²) in [6.45, 7) is 0. The van der Waals surface area contributed by atoms with Crippen LogP contribution in [0.4, 0.5) is 11.4 Å². The molecule has 2 aromatic rings. The fraction of sp³-hybridized carbons (Fsp3) is 0. The van der Waals surface area contributed by atoms with Crippen molar-refractivity contribution in [2.24, 2.45) is 5.73 Å². The fourth-order valence-electron chi connectivity index (χ4n) is 1.64. The number of anilines is 2. The Kier molecular flexibility index (Phi) is 4.41. The molecule has 0 aliphatic carbocycles. The summed E-state index contributed by atoms with van der Waals surface area (Å²) >= 11 is -2.38. The highest BCUT2D eigenvalue weighted by Gasteiger charge is 2.08. The second kappa shape index (κ2) is 6.25. The molecule has 0 fully saturated rings. The van der Waals surface area contributed by atoms with Gasteiger partial charge in [0.2, 0.25) is 0 Å². The smallest absolute Gasteiger partial charge is 0.250 e. The fourth-order valence-corrected chi connectivity index (χ4v) is 1.96. The molecule has 2 rings (SSSR count). The molecular weight excluding hydrogens is 294 g/mol. The molecule has 0 aliphatic heterocycles. The van der Waals surface area contributed by atoms with Gasteiger partial charge in [-0.15, -0.1) is 0 Å². The number of primary amides is 1. The highest BCUT2D eigenvalue weighted by atomic mass is 32.2. The molecule has 110 valence electrons. The Morgan fingerprint density at radius 3 is 2.33 bits per heavy atom. The Morgan fingerprint density at radius 1 is 1.14 bits per heavy atom. The van der Waals surface area contributed by atoms with Crippen LogP contribution in [0.1, 0.15) is 10.4 Å². The summed E-state index contributed by atoms with van der Waals surface area (Å²) in [5.41, 5.74) is 11.7. The van der Waals surface area contributed by atoms with Gasteiger partial charge in [0, 0.05) is 22.6 Å². The summed E-state index contributed by atoms with van der Waals surface area (Å²) in [4.78, 5) is 11.2. The second-order valence-electron chi connectivity index (χ2n) is 4.08. The summed E-state index contributed by atoms with van der Waals surface area (Å²) in [5, 5.41) is 0. The third-order valence-electron chi connectivity index (χ3n) is 2.58. The Hall–Kier alpha value is -2.58. The van der Waals surface area contributed by atoms with E-state index < -0.39 is 17.2 Å². The van der Waals surface area contributed by atoms with Gasteiger partial charge >= 0.3 is 0 Å². The van der Waals surface area contributed by atoms with Gasteiger partial charge in [-0.05, 0) is 42.5 Å². The largest absolute Gasteiger partial charge is 0.755 e. The van der Waals surface area contributed by atoms with Crippen LogP contribution in [-0.4, -0.2) is 14.7 Å². The lowest BCUT2D eigenvalue weighted by Crippen LogP contribution is -2.13. The van der Waals surface area contributed by atoms with Crippen molar-refractivity contribution in [3.63, 3.8) is 0 Å². The van der Waals surface area contributed by atoms with Crippen molar-refractivity contribution < 1.29 is 18.3 Å². The molecule has 0 spiro atoms. The van der Waals surface area contributed by atoms with E-state index in [1.807, 2.05) is 0 Å². The number of hydrogen-bond donors (Lipinski definition) is 3. The van der Waals surface area contributed by atoms with Crippen molar-refractivity contribution in [3.05, 3.63) is 48.0 Å². The first-order valence-corrected chi connectivity index (χ1v) is 6.86. The number of carbonyl (C=O) groups is 1. The summed E-state index contributed by atoms with van der Waals surface area (Å²) in [7, 11) is 0. The molecule has 2 aromatic carbocycles. The molecule has 1 atom stereocenters. The normalized spacial score (nSPS) is 11.7. The first kappa shape index (κ1) is 14.8. The molecule has 0 heterocycles. The van der Waals surface area contributed by atoms with E-state index in [-0.39, 0.29) is 11.3 Å². The van der Waals surface area contributed by atoms with E-state index in [9.17, 15) is 13.6 Å². The Labute approximate surface area is 123 Å². The molecule has 21 heavy (non-hydrogen) atoms. The van der Waals surface area contributed by atoms with E-state index in [1.54, 1.807) is 18.2 Å². The molecule has 0 bridgehead atoms. The van der Waals surface area contributed by atoms with Gasteiger partial charge in [-0.2, -0.15) is 0 Å². The van der Waals surface area contributed by atoms with Crippen molar-refractivity contribution in [3.8, 4) is 11.5 Å². The van der Waals surface area contributed by atoms with Crippen LogP contribution < -0.4 is 20.9 Å². The minimum Gasteiger partial charge on any atom is -0.755 e. The Morgan fingerprint density at radius 2 is 1.76 bits per heavy atom. The van der Waals surface area contributed by atoms with Crippen LogP contribution in [0.3, 0.4) is 0 Å². The number of nitrogen functional groups attached to an aromatic ring is 1. The van der Waals surface area contributed by atoms with Gasteiger partial charge in [0.15, 0.2) is 0 Å². The van der Waals surface area contributed by atoms with Gasteiger partial charge in [0.1, 0.15) is 11.5 Å². The first-order chi connectivity index (χ1) is 9.95. The molecule has 0 saturated carbocycles. The van der Waals surface area contributed by atoms with Gasteiger partial charge in [0.05, 0.1) is 5.56 Å². The molecule has 0 aromatic heterocycles. The van der Waals surface area contributed by atoms with Crippen molar-refractivity contribution in [1.29, 1.82) is 0 Å². The summed E-state index contributed by atoms with van der Waals surface area (Å²) in [6.07, 6.45) is 0. The van der Waals surface area contributed by atoms with Gasteiger partial charge in [-0.3, -0.25) is 9.00 Å². The van der Waals surface area contributed by atoms with Crippen molar-refractivity contribution in [2.45, 2.75) is 0 Å². The van der Waals surface area contributed by atoms with E-state index in [0.717, 1.165) is 0 Å². The third kappa shape index (κ3) is 3.94. The minimum atomic E-state index is -2.38. The molecular formula is C13H12N3O4S-. The highest BCUT2D eigenvalue weighted by Crippen LogP contribution is 2.26. The molecule has 7 nitrogen and oxygen atoms in total.